The predicted molar refractivity (Wildman–Crippen MR) is 81.4 cm³/mol. The lowest BCUT2D eigenvalue weighted by atomic mass is 10.1. The van der Waals surface area contributed by atoms with Gasteiger partial charge in [0.25, 0.3) is 0 Å². The maximum Gasteiger partial charge on any atom is 0.203 e. The zero-order chi connectivity index (χ0) is 14.8. The lowest BCUT2D eigenvalue weighted by Gasteiger charge is -2.13. The highest BCUT2D eigenvalue weighted by Gasteiger charge is 2.19. The molecule has 0 atom stereocenters. The van der Waals surface area contributed by atoms with E-state index in [2.05, 4.69) is 17.2 Å². The molecule has 0 radical (unpaired) electrons. The Labute approximate surface area is 123 Å². The van der Waals surface area contributed by atoms with E-state index in [1.165, 1.54) is 23.9 Å². The highest BCUT2D eigenvalue weighted by atomic mass is 32.2. The number of allylic oxidation sites excluding steroid dienone is 3. The van der Waals surface area contributed by atoms with Gasteiger partial charge in [-0.2, -0.15) is 0 Å². The van der Waals surface area contributed by atoms with Crippen molar-refractivity contribution in [1.82, 2.24) is 10.6 Å². The van der Waals surface area contributed by atoms with Gasteiger partial charge >= 0.3 is 0 Å². The Morgan fingerprint density at radius 3 is 2.70 bits per heavy atom. The van der Waals surface area contributed by atoms with Crippen molar-refractivity contribution in [2.24, 2.45) is 0 Å². The van der Waals surface area contributed by atoms with E-state index in [0.717, 1.165) is 13.0 Å². The van der Waals surface area contributed by atoms with Gasteiger partial charge in [-0.3, -0.25) is 9.59 Å². The predicted octanol–water partition coefficient (Wildman–Crippen LogP) is 0.387. The Kier molecular flexibility index (Phi) is 7.94. The molecule has 0 aromatic heterocycles. The van der Waals surface area contributed by atoms with Gasteiger partial charge in [-0.25, -0.2) is 0 Å². The van der Waals surface area contributed by atoms with Crippen LogP contribution < -0.4 is 10.6 Å². The van der Waals surface area contributed by atoms with E-state index in [4.69, 9.17) is 5.11 Å². The summed E-state index contributed by atoms with van der Waals surface area (Å²) in [6.45, 7) is 5.61. The van der Waals surface area contributed by atoms with E-state index >= 15 is 0 Å². The molecule has 0 saturated heterocycles. The second-order valence-electron chi connectivity index (χ2n) is 4.15. The van der Waals surface area contributed by atoms with Crippen molar-refractivity contribution in [2.75, 3.05) is 32.0 Å². The number of rotatable bonds is 10. The fourth-order valence-corrected chi connectivity index (χ4v) is 2.27. The molecule has 20 heavy (non-hydrogen) atoms. The smallest absolute Gasteiger partial charge is 0.203 e. The molecular formula is C14H20N2O3S. The molecule has 1 aliphatic rings. The van der Waals surface area contributed by atoms with Crippen molar-refractivity contribution in [3.05, 3.63) is 35.4 Å². The zero-order valence-corrected chi connectivity index (χ0v) is 12.2. The number of ketones is 2. The largest absolute Gasteiger partial charge is 0.395 e. The summed E-state index contributed by atoms with van der Waals surface area (Å²) in [5.41, 5.74) is 0.347. The third-order valence-corrected chi connectivity index (χ3v) is 3.57. The number of hydrogen-bond donors (Lipinski definition) is 3. The Bertz CT molecular complexity index is 430. The molecule has 0 aromatic carbocycles. The van der Waals surface area contributed by atoms with E-state index in [1.807, 2.05) is 0 Å². The average molecular weight is 296 g/mol. The monoisotopic (exact) mass is 296 g/mol. The van der Waals surface area contributed by atoms with E-state index in [-0.39, 0.29) is 18.2 Å². The van der Waals surface area contributed by atoms with Gasteiger partial charge < -0.3 is 15.7 Å². The Hall–Kier alpha value is -1.37. The summed E-state index contributed by atoms with van der Waals surface area (Å²) in [4.78, 5) is 24.1. The van der Waals surface area contributed by atoms with Crippen molar-refractivity contribution in [1.29, 1.82) is 0 Å². The molecule has 110 valence electrons. The molecule has 5 nitrogen and oxygen atoms in total. The van der Waals surface area contributed by atoms with Crippen LogP contribution in [0.4, 0.5) is 0 Å². The maximum atomic E-state index is 11.8. The normalized spacial score (nSPS) is 14.8. The highest BCUT2D eigenvalue weighted by Crippen LogP contribution is 2.21. The Morgan fingerprint density at radius 1 is 1.20 bits per heavy atom. The Balaban J connectivity index is 2.36. The molecule has 6 heteroatoms. The first-order chi connectivity index (χ1) is 9.69. The molecule has 0 aliphatic heterocycles. The first kappa shape index (κ1) is 16.7. The first-order valence-corrected chi connectivity index (χ1v) is 7.48. The van der Waals surface area contributed by atoms with Gasteiger partial charge in [0.05, 0.1) is 17.2 Å². The van der Waals surface area contributed by atoms with Crippen LogP contribution in [-0.2, 0) is 9.59 Å². The summed E-state index contributed by atoms with van der Waals surface area (Å²) in [7, 11) is 0. The van der Waals surface area contributed by atoms with Crippen LogP contribution in [0, 0.1) is 0 Å². The van der Waals surface area contributed by atoms with E-state index < -0.39 is 0 Å². The maximum absolute atomic E-state index is 11.8. The van der Waals surface area contributed by atoms with Crippen LogP contribution in [0.15, 0.2) is 35.4 Å². The zero-order valence-electron chi connectivity index (χ0n) is 11.4. The molecule has 0 amide bonds. The minimum atomic E-state index is -0.167. The number of aliphatic hydroxyl groups is 1. The van der Waals surface area contributed by atoms with Crippen molar-refractivity contribution in [2.45, 2.75) is 6.42 Å². The van der Waals surface area contributed by atoms with Crippen molar-refractivity contribution in [3.8, 4) is 0 Å². The van der Waals surface area contributed by atoms with Crippen LogP contribution in [0.2, 0.25) is 0 Å². The standard InChI is InChI=1S/C14H20N2O3S/c1-2-8-20-14-10-12(18)11(9-13(14)19)16-5-3-4-15-6-7-17/h2,9-10,15-17H,1,3-8H2. The molecule has 0 bridgehead atoms. The second kappa shape index (κ2) is 9.52. The van der Waals surface area contributed by atoms with Crippen molar-refractivity contribution >= 4 is 23.3 Å². The topological polar surface area (TPSA) is 78.4 Å². The van der Waals surface area contributed by atoms with Crippen LogP contribution in [-0.4, -0.2) is 48.7 Å². The summed E-state index contributed by atoms with van der Waals surface area (Å²) >= 11 is 1.32. The summed E-state index contributed by atoms with van der Waals surface area (Å²) < 4.78 is 0. The molecule has 1 rings (SSSR count). The van der Waals surface area contributed by atoms with Crippen molar-refractivity contribution in [3.63, 3.8) is 0 Å². The third kappa shape index (κ3) is 5.73. The van der Waals surface area contributed by atoms with Gasteiger partial charge in [-0.15, -0.1) is 18.3 Å². The molecule has 0 aromatic rings. The van der Waals surface area contributed by atoms with Gasteiger partial charge in [0.15, 0.2) is 5.78 Å². The number of aliphatic hydroxyl groups excluding tert-OH is 1. The average Bonchev–Trinajstić information content (AvgIpc) is 2.44. The number of carbonyl (C=O) groups excluding carboxylic acids is 2. The second-order valence-corrected chi connectivity index (χ2v) is 5.21. The van der Waals surface area contributed by atoms with Crippen LogP contribution in [0.25, 0.3) is 0 Å². The summed E-state index contributed by atoms with van der Waals surface area (Å²) in [6.07, 6.45) is 5.23. The van der Waals surface area contributed by atoms with Gasteiger partial charge in [-0.05, 0) is 13.0 Å². The van der Waals surface area contributed by atoms with E-state index in [1.54, 1.807) is 6.08 Å². The molecule has 0 fully saturated rings. The van der Waals surface area contributed by atoms with Gasteiger partial charge in [0, 0.05) is 31.0 Å². The number of thioether (sulfide) groups is 1. The number of carbonyl (C=O) groups is 2. The lowest BCUT2D eigenvalue weighted by molar-refractivity contribution is -0.115. The fourth-order valence-electron chi connectivity index (χ4n) is 1.58. The van der Waals surface area contributed by atoms with Crippen LogP contribution in [0.3, 0.4) is 0 Å². The quantitative estimate of drug-likeness (QED) is 0.307. The van der Waals surface area contributed by atoms with Crippen LogP contribution >= 0.6 is 11.8 Å². The Morgan fingerprint density at radius 2 is 2.00 bits per heavy atom. The SMILES string of the molecule is C=CCSC1=CC(=O)C(NCCCNCCO)=CC1=O. The number of hydrogen-bond acceptors (Lipinski definition) is 6. The van der Waals surface area contributed by atoms with Crippen LogP contribution in [0.5, 0.6) is 0 Å². The van der Waals surface area contributed by atoms with E-state index in [9.17, 15) is 9.59 Å². The molecule has 0 spiro atoms. The third-order valence-electron chi connectivity index (χ3n) is 2.54. The molecule has 3 N–H and O–H groups in total. The minimum absolute atomic E-state index is 0.113. The first-order valence-electron chi connectivity index (χ1n) is 6.50. The minimum Gasteiger partial charge on any atom is -0.395 e. The van der Waals surface area contributed by atoms with Gasteiger partial charge in [0.2, 0.25) is 5.78 Å². The molecular weight excluding hydrogens is 276 g/mol. The van der Waals surface area contributed by atoms with Crippen molar-refractivity contribution < 1.29 is 14.7 Å². The molecule has 0 unspecified atom stereocenters. The number of nitrogens with one attached hydrogen (secondary N) is 2. The highest BCUT2D eigenvalue weighted by molar-refractivity contribution is 8.04. The molecule has 0 saturated carbocycles. The summed E-state index contributed by atoms with van der Waals surface area (Å²) in [6, 6.07) is 0. The van der Waals surface area contributed by atoms with E-state index in [0.29, 0.717) is 29.4 Å². The van der Waals surface area contributed by atoms with Gasteiger partial charge in [-0.1, -0.05) is 6.08 Å². The summed E-state index contributed by atoms with van der Waals surface area (Å²) in [5, 5.41) is 14.6. The fraction of sp³-hybridized carbons (Fsp3) is 0.429. The van der Waals surface area contributed by atoms with Crippen LogP contribution in [0.1, 0.15) is 6.42 Å². The lowest BCUT2D eigenvalue weighted by Crippen LogP contribution is -2.27. The summed E-state index contributed by atoms with van der Waals surface area (Å²) in [5.74, 6) is 0.301. The van der Waals surface area contributed by atoms with Gasteiger partial charge in [0.1, 0.15) is 0 Å². The molecule has 0 heterocycles. The molecule has 1 aliphatic carbocycles.